The summed E-state index contributed by atoms with van der Waals surface area (Å²) in [6, 6.07) is -0.994. The Hall–Kier alpha value is -0.950. The van der Waals surface area contributed by atoms with Gasteiger partial charge in [0.05, 0.1) is 18.8 Å². The molecule has 0 aliphatic heterocycles. The average molecular weight is 612 g/mol. The fourth-order valence-corrected chi connectivity index (χ4v) is 5.70. The fourth-order valence-electron chi connectivity index (χ4n) is 5.70. The molecule has 6 heteroatoms. The molecule has 0 aromatic heterocycles. The lowest BCUT2D eigenvalue weighted by Crippen LogP contribution is -2.53. The zero-order valence-electron chi connectivity index (χ0n) is 28.5. The predicted molar refractivity (Wildman–Crippen MR) is 182 cm³/mol. The van der Waals surface area contributed by atoms with Crippen molar-refractivity contribution < 1.29 is 25.2 Å². The first-order valence-corrected chi connectivity index (χ1v) is 18.6. The Kier molecular flexibility index (Phi) is 31.7. The van der Waals surface area contributed by atoms with Crippen molar-refractivity contribution in [3.63, 3.8) is 0 Å². The SMILES string of the molecule is CCCCCC/C=C\CCC(O)C(=O)NC(CO)C(O)C(O)CCCCCCCCCCCCCCCCCCCCC. The van der Waals surface area contributed by atoms with Crippen LogP contribution < -0.4 is 5.32 Å². The van der Waals surface area contributed by atoms with E-state index in [1.165, 1.54) is 122 Å². The minimum atomic E-state index is -1.26. The molecule has 1 amide bonds. The van der Waals surface area contributed by atoms with E-state index in [9.17, 15) is 25.2 Å². The van der Waals surface area contributed by atoms with Gasteiger partial charge in [-0.15, -0.1) is 0 Å². The van der Waals surface area contributed by atoms with Crippen molar-refractivity contribution in [1.82, 2.24) is 5.32 Å². The number of amides is 1. The maximum absolute atomic E-state index is 12.3. The van der Waals surface area contributed by atoms with Gasteiger partial charge in [-0.25, -0.2) is 0 Å². The molecule has 0 saturated carbocycles. The van der Waals surface area contributed by atoms with Crippen molar-refractivity contribution >= 4 is 5.91 Å². The summed E-state index contributed by atoms with van der Waals surface area (Å²) in [4.78, 5) is 12.3. The van der Waals surface area contributed by atoms with E-state index in [-0.39, 0.29) is 6.42 Å². The molecule has 0 rings (SSSR count). The van der Waals surface area contributed by atoms with Crippen LogP contribution in [0, 0.1) is 0 Å². The van der Waals surface area contributed by atoms with Crippen LogP contribution in [0.3, 0.4) is 0 Å². The second-order valence-corrected chi connectivity index (χ2v) is 12.9. The van der Waals surface area contributed by atoms with Crippen LogP contribution in [0.15, 0.2) is 12.2 Å². The summed E-state index contributed by atoms with van der Waals surface area (Å²) < 4.78 is 0. The highest BCUT2D eigenvalue weighted by molar-refractivity contribution is 5.80. The van der Waals surface area contributed by atoms with E-state index in [1.54, 1.807) is 0 Å². The van der Waals surface area contributed by atoms with E-state index in [4.69, 9.17) is 0 Å². The van der Waals surface area contributed by atoms with Crippen LogP contribution in [0.4, 0.5) is 0 Å². The van der Waals surface area contributed by atoms with Gasteiger partial charge in [-0.2, -0.15) is 0 Å². The first kappa shape index (κ1) is 42.0. The first-order chi connectivity index (χ1) is 21.0. The monoisotopic (exact) mass is 612 g/mol. The van der Waals surface area contributed by atoms with Crippen LogP contribution in [0.5, 0.6) is 0 Å². The average Bonchev–Trinajstić information content (AvgIpc) is 3.01. The summed E-state index contributed by atoms with van der Waals surface area (Å²) in [5.74, 6) is -0.620. The summed E-state index contributed by atoms with van der Waals surface area (Å²) >= 11 is 0. The molecule has 0 aliphatic carbocycles. The molecule has 0 saturated heterocycles. The summed E-state index contributed by atoms with van der Waals surface area (Å²) in [5.41, 5.74) is 0. The molecule has 4 unspecified atom stereocenters. The minimum Gasteiger partial charge on any atom is -0.394 e. The highest BCUT2D eigenvalue weighted by Crippen LogP contribution is 2.16. The van der Waals surface area contributed by atoms with Crippen LogP contribution in [-0.4, -0.2) is 57.3 Å². The van der Waals surface area contributed by atoms with Crippen molar-refractivity contribution in [2.24, 2.45) is 0 Å². The van der Waals surface area contributed by atoms with Crippen LogP contribution in [-0.2, 0) is 4.79 Å². The van der Waals surface area contributed by atoms with Gasteiger partial charge in [0.2, 0.25) is 5.91 Å². The van der Waals surface area contributed by atoms with Gasteiger partial charge in [-0.05, 0) is 32.1 Å². The van der Waals surface area contributed by atoms with Crippen LogP contribution in [0.25, 0.3) is 0 Å². The molecular formula is C37H73NO5. The number of carbonyl (C=O) groups excluding carboxylic acids is 1. The maximum atomic E-state index is 12.3. The molecule has 0 radical (unpaired) electrons. The number of unbranched alkanes of at least 4 members (excludes halogenated alkanes) is 22. The Bertz CT molecular complexity index is 614. The van der Waals surface area contributed by atoms with Gasteiger partial charge in [0.25, 0.3) is 0 Å². The molecule has 0 aromatic rings. The molecule has 0 aromatic carbocycles. The van der Waals surface area contributed by atoms with Crippen molar-refractivity contribution in [2.75, 3.05) is 6.61 Å². The molecule has 0 heterocycles. The number of hydrogen-bond donors (Lipinski definition) is 5. The lowest BCUT2D eigenvalue weighted by molar-refractivity contribution is -0.132. The quantitative estimate of drug-likeness (QED) is 0.0377. The van der Waals surface area contributed by atoms with Crippen LogP contribution in [0.2, 0.25) is 0 Å². The van der Waals surface area contributed by atoms with E-state index in [0.717, 1.165) is 32.1 Å². The molecule has 43 heavy (non-hydrogen) atoms. The lowest BCUT2D eigenvalue weighted by Gasteiger charge is -2.27. The van der Waals surface area contributed by atoms with E-state index >= 15 is 0 Å². The van der Waals surface area contributed by atoms with E-state index < -0.39 is 36.9 Å². The fraction of sp³-hybridized carbons (Fsp3) is 0.919. The largest absolute Gasteiger partial charge is 0.394 e. The third-order valence-electron chi connectivity index (χ3n) is 8.73. The molecular weight excluding hydrogens is 538 g/mol. The third kappa shape index (κ3) is 27.1. The Morgan fingerprint density at radius 1 is 0.558 bits per heavy atom. The maximum Gasteiger partial charge on any atom is 0.249 e. The molecule has 0 aliphatic rings. The Morgan fingerprint density at radius 3 is 1.40 bits per heavy atom. The van der Waals surface area contributed by atoms with Crippen LogP contribution in [0.1, 0.15) is 187 Å². The van der Waals surface area contributed by atoms with Crippen molar-refractivity contribution in [3.8, 4) is 0 Å². The second kappa shape index (κ2) is 32.4. The molecule has 256 valence electrons. The number of aliphatic hydroxyl groups is 4. The highest BCUT2D eigenvalue weighted by atomic mass is 16.3. The van der Waals surface area contributed by atoms with Crippen molar-refractivity contribution in [2.45, 2.75) is 212 Å². The van der Waals surface area contributed by atoms with Gasteiger partial charge in [0.15, 0.2) is 0 Å². The van der Waals surface area contributed by atoms with Gasteiger partial charge in [-0.1, -0.05) is 167 Å². The van der Waals surface area contributed by atoms with Gasteiger partial charge >= 0.3 is 0 Å². The zero-order chi connectivity index (χ0) is 31.8. The summed E-state index contributed by atoms with van der Waals surface area (Å²) in [6.45, 7) is 3.97. The molecule has 0 fully saturated rings. The zero-order valence-corrected chi connectivity index (χ0v) is 28.5. The number of hydrogen-bond acceptors (Lipinski definition) is 5. The van der Waals surface area contributed by atoms with Crippen molar-refractivity contribution in [3.05, 3.63) is 12.2 Å². The number of allylic oxidation sites excluding steroid dienone is 2. The summed E-state index contributed by atoms with van der Waals surface area (Å²) in [6.07, 6.45) is 32.6. The smallest absolute Gasteiger partial charge is 0.249 e. The minimum absolute atomic E-state index is 0.285. The number of aliphatic hydroxyl groups excluding tert-OH is 4. The summed E-state index contributed by atoms with van der Waals surface area (Å²) in [5, 5.41) is 43.2. The molecule has 4 atom stereocenters. The molecule has 5 N–H and O–H groups in total. The predicted octanol–water partition coefficient (Wildman–Crippen LogP) is 8.67. The standard InChI is InChI=1S/C37H73NO5/c1-3-5-7-9-11-13-14-15-16-17-18-19-20-21-22-23-25-26-28-30-34(40)36(42)33(32-39)38-37(43)35(41)31-29-27-24-12-10-8-6-4-2/h24,27,33-36,39-42H,3-23,25-26,28-32H2,1-2H3,(H,38,43)/b27-24-. The second-order valence-electron chi connectivity index (χ2n) is 12.9. The number of nitrogens with one attached hydrogen (secondary N) is 1. The third-order valence-corrected chi connectivity index (χ3v) is 8.73. The van der Waals surface area contributed by atoms with Crippen LogP contribution >= 0.6 is 0 Å². The molecule has 6 nitrogen and oxygen atoms in total. The Balaban J connectivity index is 3.74. The summed E-state index contributed by atoms with van der Waals surface area (Å²) in [7, 11) is 0. The highest BCUT2D eigenvalue weighted by Gasteiger charge is 2.28. The lowest BCUT2D eigenvalue weighted by atomic mass is 9.99. The molecule has 0 bridgehead atoms. The van der Waals surface area contributed by atoms with Gasteiger partial charge in [0, 0.05) is 0 Å². The van der Waals surface area contributed by atoms with E-state index in [0.29, 0.717) is 12.8 Å². The van der Waals surface area contributed by atoms with Gasteiger partial charge in [-0.3, -0.25) is 4.79 Å². The Morgan fingerprint density at radius 2 is 0.953 bits per heavy atom. The number of carbonyl (C=O) groups is 1. The normalized spacial score (nSPS) is 14.7. The van der Waals surface area contributed by atoms with E-state index in [2.05, 4.69) is 25.2 Å². The van der Waals surface area contributed by atoms with Gasteiger partial charge < -0.3 is 25.7 Å². The van der Waals surface area contributed by atoms with E-state index in [1.807, 2.05) is 6.08 Å². The number of rotatable bonds is 33. The topological polar surface area (TPSA) is 110 Å². The first-order valence-electron chi connectivity index (χ1n) is 18.6. The van der Waals surface area contributed by atoms with Gasteiger partial charge in [0.1, 0.15) is 12.2 Å². The molecule has 0 spiro atoms. The van der Waals surface area contributed by atoms with Crippen molar-refractivity contribution in [1.29, 1.82) is 0 Å². The Labute approximate surface area is 266 Å².